The first-order valence-electron chi connectivity index (χ1n) is 8.75. The summed E-state index contributed by atoms with van der Waals surface area (Å²) >= 11 is 0. The van der Waals surface area contributed by atoms with Gasteiger partial charge in [0, 0.05) is 11.7 Å². The average molecular weight is 275 g/mol. The van der Waals surface area contributed by atoms with E-state index in [4.69, 9.17) is 0 Å². The summed E-state index contributed by atoms with van der Waals surface area (Å²) in [5.41, 5.74) is 2.96. The lowest BCUT2D eigenvalue weighted by molar-refractivity contribution is 0.352. The maximum atomic E-state index is 4.19. The van der Waals surface area contributed by atoms with Crippen LogP contribution in [-0.2, 0) is 0 Å². The molecule has 0 bridgehead atoms. The van der Waals surface area contributed by atoms with Crippen molar-refractivity contribution in [3.8, 4) is 0 Å². The summed E-state index contributed by atoms with van der Waals surface area (Å²) in [7, 11) is 0. The third kappa shape index (κ3) is 3.90. The molecule has 0 amide bonds. The van der Waals surface area contributed by atoms with Gasteiger partial charge in [-0.1, -0.05) is 51.8 Å². The SMILES string of the molecule is C=C(CCCCC1CCC2N/C(=C\CC)CC12)C(C)C. The van der Waals surface area contributed by atoms with Crippen LogP contribution in [-0.4, -0.2) is 6.04 Å². The van der Waals surface area contributed by atoms with Crippen molar-refractivity contribution in [3.05, 3.63) is 23.9 Å². The Morgan fingerprint density at radius 2 is 2.15 bits per heavy atom. The van der Waals surface area contributed by atoms with E-state index in [1.807, 2.05) is 0 Å². The van der Waals surface area contributed by atoms with E-state index in [1.54, 1.807) is 0 Å². The minimum absolute atomic E-state index is 0.659. The summed E-state index contributed by atoms with van der Waals surface area (Å²) < 4.78 is 0. The van der Waals surface area contributed by atoms with E-state index in [1.165, 1.54) is 62.6 Å². The highest BCUT2D eigenvalue weighted by Crippen LogP contribution is 2.43. The second kappa shape index (κ2) is 7.33. The van der Waals surface area contributed by atoms with Crippen molar-refractivity contribution in [1.29, 1.82) is 0 Å². The predicted octanol–water partition coefficient (Wildman–Crippen LogP) is 5.44. The van der Waals surface area contributed by atoms with Gasteiger partial charge in [-0.2, -0.15) is 0 Å². The molecule has 114 valence electrons. The zero-order valence-corrected chi connectivity index (χ0v) is 13.8. The van der Waals surface area contributed by atoms with Crippen LogP contribution in [0.4, 0.5) is 0 Å². The first-order valence-corrected chi connectivity index (χ1v) is 8.75. The van der Waals surface area contributed by atoms with E-state index in [-0.39, 0.29) is 0 Å². The van der Waals surface area contributed by atoms with Crippen molar-refractivity contribution in [2.24, 2.45) is 17.8 Å². The van der Waals surface area contributed by atoms with Crippen LogP contribution >= 0.6 is 0 Å². The molecule has 0 aromatic carbocycles. The minimum Gasteiger partial charge on any atom is -0.386 e. The van der Waals surface area contributed by atoms with E-state index in [0.717, 1.165) is 17.9 Å². The highest BCUT2D eigenvalue weighted by atomic mass is 15.0. The number of nitrogens with one attached hydrogen (secondary N) is 1. The Hall–Kier alpha value is -0.720. The van der Waals surface area contributed by atoms with Gasteiger partial charge in [-0.25, -0.2) is 0 Å². The third-order valence-corrected chi connectivity index (χ3v) is 5.39. The molecule has 1 heteroatoms. The first kappa shape index (κ1) is 15.7. The summed E-state index contributed by atoms with van der Waals surface area (Å²) in [6, 6.07) is 0.795. The van der Waals surface area contributed by atoms with Crippen LogP contribution in [0.15, 0.2) is 23.9 Å². The topological polar surface area (TPSA) is 12.0 Å². The Morgan fingerprint density at radius 3 is 2.85 bits per heavy atom. The van der Waals surface area contributed by atoms with Gasteiger partial charge in [-0.05, 0) is 56.3 Å². The molecule has 0 spiro atoms. The van der Waals surface area contributed by atoms with Gasteiger partial charge < -0.3 is 5.32 Å². The molecule has 3 unspecified atom stereocenters. The van der Waals surface area contributed by atoms with E-state index >= 15 is 0 Å². The van der Waals surface area contributed by atoms with E-state index in [0.29, 0.717) is 5.92 Å². The summed E-state index contributed by atoms with van der Waals surface area (Å²) in [6.45, 7) is 10.9. The fraction of sp³-hybridized carbons (Fsp3) is 0.789. The molecule has 0 radical (unpaired) electrons. The highest BCUT2D eigenvalue weighted by molar-refractivity contribution is 5.13. The van der Waals surface area contributed by atoms with Crippen LogP contribution in [0.2, 0.25) is 0 Å². The lowest BCUT2D eigenvalue weighted by atomic mass is 9.87. The summed E-state index contributed by atoms with van der Waals surface area (Å²) in [4.78, 5) is 0. The molecule has 2 aliphatic rings. The van der Waals surface area contributed by atoms with Gasteiger partial charge in [0.25, 0.3) is 0 Å². The van der Waals surface area contributed by atoms with Gasteiger partial charge in [-0.3, -0.25) is 0 Å². The lowest BCUT2D eigenvalue weighted by Gasteiger charge is -2.17. The zero-order valence-electron chi connectivity index (χ0n) is 13.8. The number of allylic oxidation sites excluding steroid dienone is 3. The molecule has 1 heterocycles. The molecule has 20 heavy (non-hydrogen) atoms. The number of rotatable bonds is 7. The Kier molecular flexibility index (Phi) is 5.74. The monoisotopic (exact) mass is 275 g/mol. The van der Waals surface area contributed by atoms with Crippen LogP contribution in [0.3, 0.4) is 0 Å². The Bertz CT molecular complexity index is 353. The molecule has 2 rings (SSSR count). The number of fused-ring (bicyclic) bond motifs is 1. The number of unbranched alkanes of at least 4 members (excludes halogenated alkanes) is 1. The van der Waals surface area contributed by atoms with Gasteiger partial charge in [0.15, 0.2) is 0 Å². The normalized spacial score (nSPS) is 30.8. The van der Waals surface area contributed by atoms with Crippen LogP contribution in [0.5, 0.6) is 0 Å². The van der Waals surface area contributed by atoms with Crippen molar-refractivity contribution in [2.75, 3.05) is 0 Å². The molecule has 1 N–H and O–H groups in total. The third-order valence-electron chi connectivity index (χ3n) is 5.39. The molecule has 1 aliphatic carbocycles. The van der Waals surface area contributed by atoms with Crippen molar-refractivity contribution in [3.63, 3.8) is 0 Å². The molecule has 0 aromatic rings. The largest absolute Gasteiger partial charge is 0.386 e. The predicted molar refractivity (Wildman–Crippen MR) is 88.6 cm³/mol. The van der Waals surface area contributed by atoms with E-state index < -0.39 is 0 Å². The number of hydrogen-bond acceptors (Lipinski definition) is 1. The van der Waals surface area contributed by atoms with Crippen LogP contribution in [0, 0.1) is 17.8 Å². The summed E-state index contributed by atoms with van der Waals surface area (Å²) in [5.74, 6) is 2.57. The molecular formula is C19H33N. The second-order valence-electron chi connectivity index (χ2n) is 7.15. The molecule has 1 saturated heterocycles. The van der Waals surface area contributed by atoms with Gasteiger partial charge >= 0.3 is 0 Å². The minimum atomic E-state index is 0.659. The standard InChI is InChI=1S/C19H33N/c1-5-8-17-13-18-16(11-12-19(18)20-17)10-7-6-9-15(4)14(2)3/h8,14,16,18-20H,4-7,9-13H2,1-3H3/b17-8-. The number of hydrogen-bond donors (Lipinski definition) is 1. The van der Waals surface area contributed by atoms with Gasteiger partial charge in [0.05, 0.1) is 0 Å². The maximum absolute atomic E-state index is 4.19. The Labute approximate surface area is 125 Å². The highest BCUT2D eigenvalue weighted by Gasteiger charge is 2.40. The summed E-state index contributed by atoms with van der Waals surface area (Å²) in [6.07, 6.45) is 13.1. The van der Waals surface area contributed by atoms with Crippen molar-refractivity contribution < 1.29 is 0 Å². The molecule has 1 nitrogen and oxygen atoms in total. The van der Waals surface area contributed by atoms with Gasteiger partial charge in [0.2, 0.25) is 0 Å². The van der Waals surface area contributed by atoms with E-state index in [2.05, 4.69) is 38.7 Å². The smallest absolute Gasteiger partial charge is 0.0292 e. The second-order valence-corrected chi connectivity index (χ2v) is 7.15. The Balaban J connectivity index is 1.70. The fourth-order valence-corrected chi connectivity index (χ4v) is 3.98. The molecule has 0 aromatic heterocycles. The zero-order chi connectivity index (χ0) is 14.5. The van der Waals surface area contributed by atoms with Crippen molar-refractivity contribution in [1.82, 2.24) is 5.32 Å². The van der Waals surface area contributed by atoms with Gasteiger partial charge in [-0.15, -0.1) is 0 Å². The van der Waals surface area contributed by atoms with E-state index in [9.17, 15) is 0 Å². The maximum Gasteiger partial charge on any atom is 0.0292 e. The first-order chi connectivity index (χ1) is 9.61. The van der Waals surface area contributed by atoms with Gasteiger partial charge in [0.1, 0.15) is 0 Å². The fourth-order valence-electron chi connectivity index (χ4n) is 3.98. The molecule has 1 saturated carbocycles. The van der Waals surface area contributed by atoms with Crippen LogP contribution in [0.1, 0.15) is 72.1 Å². The average Bonchev–Trinajstić information content (AvgIpc) is 2.95. The molecule has 2 fully saturated rings. The van der Waals surface area contributed by atoms with Crippen molar-refractivity contribution >= 4 is 0 Å². The van der Waals surface area contributed by atoms with Crippen LogP contribution in [0.25, 0.3) is 0 Å². The lowest BCUT2D eigenvalue weighted by Crippen LogP contribution is -2.22. The van der Waals surface area contributed by atoms with Crippen LogP contribution < -0.4 is 5.32 Å². The quantitative estimate of drug-likeness (QED) is 0.482. The van der Waals surface area contributed by atoms with Crippen molar-refractivity contribution in [2.45, 2.75) is 78.2 Å². The summed E-state index contributed by atoms with van der Waals surface area (Å²) in [5, 5.41) is 3.75. The molecular weight excluding hydrogens is 242 g/mol. The Morgan fingerprint density at radius 1 is 1.35 bits per heavy atom. The molecule has 3 atom stereocenters. The molecule has 1 aliphatic heterocycles.